The molecule has 0 aromatic heterocycles. The molecule has 0 spiro atoms. The third kappa shape index (κ3) is 6.21. The van der Waals surface area contributed by atoms with E-state index in [0.717, 1.165) is 12.2 Å². The number of carbonyl (C=O) groups excluding carboxylic acids is 3. The maximum atomic E-state index is 12.6. The number of sulfone groups is 1. The van der Waals surface area contributed by atoms with Crippen LogP contribution in [-0.4, -0.2) is 57.0 Å². The van der Waals surface area contributed by atoms with Crippen LogP contribution in [0.2, 0.25) is 0 Å². The summed E-state index contributed by atoms with van der Waals surface area (Å²) in [6.07, 6.45) is 2.10. The molecule has 1 aromatic rings. The number of anilines is 1. The monoisotopic (exact) mass is 395 g/mol. The minimum atomic E-state index is -3.20. The second kappa shape index (κ2) is 9.31. The first kappa shape index (κ1) is 20.6. The molecule has 0 unspecified atom stereocenters. The molecule has 27 heavy (non-hydrogen) atoms. The van der Waals surface area contributed by atoms with Crippen LogP contribution < -0.4 is 4.90 Å². The molecule has 1 fully saturated rings. The van der Waals surface area contributed by atoms with Gasteiger partial charge in [-0.25, -0.2) is 18.0 Å². The molecule has 1 aliphatic rings. The van der Waals surface area contributed by atoms with E-state index in [-0.39, 0.29) is 18.1 Å². The van der Waals surface area contributed by atoms with Gasteiger partial charge in [0.15, 0.2) is 16.4 Å². The predicted octanol–water partition coefficient (Wildman–Crippen LogP) is 0.869. The third-order valence-corrected chi connectivity index (χ3v) is 5.61. The van der Waals surface area contributed by atoms with Crippen molar-refractivity contribution in [2.75, 3.05) is 29.6 Å². The van der Waals surface area contributed by atoms with Crippen molar-refractivity contribution < 1.29 is 32.3 Å². The Bertz CT molecular complexity index is 817. The maximum absolute atomic E-state index is 12.6. The maximum Gasteiger partial charge on any atom is 0.331 e. The predicted molar refractivity (Wildman–Crippen MR) is 97.7 cm³/mol. The average Bonchev–Trinajstić information content (AvgIpc) is 2.99. The van der Waals surface area contributed by atoms with Gasteiger partial charge >= 0.3 is 11.9 Å². The number of hydrogen-bond donors (Lipinski definition) is 0. The second-order valence-corrected chi connectivity index (χ2v) is 8.08. The van der Waals surface area contributed by atoms with Crippen LogP contribution in [0, 0.1) is 0 Å². The Hall–Kier alpha value is -2.68. The van der Waals surface area contributed by atoms with Gasteiger partial charge in [0.1, 0.15) is 0 Å². The number of amides is 1. The van der Waals surface area contributed by atoms with E-state index in [2.05, 4.69) is 4.74 Å². The molecule has 146 valence electrons. The Kier molecular flexibility index (Phi) is 7.12. The van der Waals surface area contributed by atoms with E-state index in [4.69, 9.17) is 4.74 Å². The van der Waals surface area contributed by atoms with Crippen molar-refractivity contribution >= 4 is 33.4 Å². The zero-order chi connectivity index (χ0) is 19.9. The highest BCUT2D eigenvalue weighted by Gasteiger charge is 2.35. The smallest absolute Gasteiger partial charge is 0.331 e. The molecular weight excluding hydrogens is 374 g/mol. The summed E-state index contributed by atoms with van der Waals surface area (Å²) in [6.45, 7) is 1.23. The summed E-state index contributed by atoms with van der Waals surface area (Å²) in [5, 5.41) is 0. The lowest BCUT2D eigenvalue weighted by molar-refractivity contribution is -0.143. The van der Waals surface area contributed by atoms with Crippen molar-refractivity contribution in [1.82, 2.24) is 0 Å². The molecule has 0 bridgehead atoms. The van der Waals surface area contributed by atoms with Crippen molar-refractivity contribution in [3.8, 4) is 0 Å². The fourth-order valence-electron chi connectivity index (χ4n) is 2.70. The summed E-state index contributed by atoms with van der Waals surface area (Å²) in [4.78, 5) is 36.8. The van der Waals surface area contributed by atoms with Gasteiger partial charge in [-0.15, -0.1) is 0 Å². The first-order chi connectivity index (χ1) is 12.8. The number of benzene rings is 1. The van der Waals surface area contributed by atoms with Gasteiger partial charge in [-0.05, 0) is 25.5 Å². The normalized spacial score (nSPS) is 18.2. The molecule has 1 atom stereocenters. The van der Waals surface area contributed by atoms with Gasteiger partial charge in [-0.3, -0.25) is 4.79 Å². The molecule has 0 aliphatic carbocycles. The average molecular weight is 395 g/mol. The molecular formula is C18H21NO7S. The summed E-state index contributed by atoms with van der Waals surface area (Å²) >= 11 is 0. The molecule has 0 radical (unpaired) electrons. The highest BCUT2D eigenvalue weighted by molar-refractivity contribution is 7.91. The molecule has 1 saturated heterocycles. The van der Waals surface area contributed by atoms with Gasteiger partial charge in [-0.1, -0.05) is 18.2 Å². The van der Waals surface area contributed by atoms with Crippen molar-refractivity contribution in [2.24, 2.45) is 0 Å². The quantitative estimate of drug-likeness (QED) is 0.498. The van der Waals surface area contributed by atoms with Crippen LogP contribution in [0.4, 0.5) is 5.69 Å². The topological polar surface area (TPSA) is 107 Å². The van der Waals surface area contributed by atoms with Gasteiger partial charge in [-0.2, -0.15) is 0 Å². The van der Waals surface area contributed by atoms with Crippen LogP contribution >= 0.6 is 0 Å². The zero-order valence-corrected chi connectivity index (χ0v) is 15.7. The molecule has 1 heterocycles. The zero-order valence-electron chi connectivity index (χ0n) is 14.9. The lowest BCUT2D eigenvalue weighted by Gasteiger charge is -2.28. The highest BCUT2D eigenvalue weighted by Crippen LogP contribution is 2.24. The van der Waals surface area contributed by atoms with Crippen molar-refractivity contribution in [3.05, 3.63) is 42.5 Å². The SMILES string of the molecule is CCOC(=O)/C=C/C(=O)OCC(=O)N(c1ccccc1)[C@H]1CCS(=O)(=O)C1. The van der Waals surface area contributed by atoms with Gasteiger partial charge in [0.2, 0.25) is 0 Å². The molecule has 0 N–H and O–H groups in total. The fourth-order valence-corrected chi connectivity index (χ4v) is 4.40. The molecule has 9 heteroatoms. The van der Waals surface area contributed by atoms with Gasteiger partial charge in [0, 0.05) is 17.8 Å². The number of nitrogens with zero attached hydrogens (tertiary/aromatic N) is 1. The molecule has 1 aliphatic heterocycles. The van der Waals surface area contributed by atoms with Crippen LogP contribution in [0.5, 0.6) is 0 Å². The third-order valence-electron chi connectivity index (χ3n) is 3.86. The van der Waals surface area contributed by atoms with Crippen LogP contribution in [-0.2, 0) is 33.7 Å². The van der Waals surface area contributed by atoms with E-state index < -0.39 is 40.3 Å². The van der Waals surface area contributed by atoms with Crippen LogP contribution in [0.3, 0.4) is 0 Å². The lowest BCUT2D eigenvalue weighted by atomic mass is 10.2. The lowest BCUT2D eigenvalue weighted by Crippen LogP contribution is -2.43. The van der Waals surface area contributed by atoms with E-state index in [1.165, 1.54) is 4.90 Å². The minimum absolute atomic E-state index is 0.0103. The molecule has 1 amide bonds. The largest absolute Gasteiger partial charge is 0.463 e. The summed E-state index contributed by atoms with van der Waals surface area (Å²) in [6, 6.07) is 8.09. The molecule has 1 aromatic carbocycles. The van der Waals surface area contributed by atoms with Crippen molar-refractivity contribution in [2.45, 2.75) is 19.4 Å². The van der Waals surface area contributed by atoms with Crippen LogP contribution in [0.15, 0.2) is 42.5 Å². The van der Waals surface area contributed by atoms with E-state index in [9.17, 15) is 22.8 Å². The number of ether oxygens (including phenoxy) is 2. The van der Waals surface area contributed by atoms with E-state index in [0.29, 0.717) is 12.1 Å². The molecule has 8 nitrogen and oxygen atoms in total. The number of carbonyl (C=O) groups is 3. The summed E-state index contributed by atoms with van der Waals surface area (Å²) in [5.74, 6) is -2.23. The molecule has 0 saturated carbocycles. The van der Waals surface area contributed by atoms with Gasteiger partial charge < -0.3 is 14.4 Å². The van der Waals surface area contributed by atoms with Crippen LogP contribution in [0.1, 0.15) is 13.3 Å². The summed E-state index contributed by atoms with van der Waals surface area (Å²) in [7, 11) is -3.20. The van der Waals surface area contributed by atoms with E-state index in [1.54, 1.807) is 37.3 Å². The van der Waals surface area contributed by atoms with Gasteiger partial charge in [0.05, 0.1) is 24.2 Å². The standard InChI is InChI=1S/C18H21NO7S/c1-2-25-17(21)8-9-18(22)26-12-16(20)19(14-6-4-3-5-7-14)15-10-11-27(23,24)13-15/h3-9,15H,2,10-13H2,1H3/b9-8+/t15-/m0/s1. The first-order valence-corrected chi connectivity index (χ1v) is 10.2. The number of para-hydroxylation sites is 1. The summed E-state index contributed by atoms with van der Waals surface area (Å²) in [5.41, 5.74) is 0.530. The Morgan fingerprint density at radius 2 is 1.74 bits per heavy atom. The number of rotatable bonds is 7. The van der Waals surface area contributed by atoms with Gasteiger partial charge in [0.25, 0.3) is 5.91 Å². The summed E-state index contributed by atoms with van der Waals surface area (Å²) < 4.78 is 33.1. The Labute approximate surface area is 157 Å². The fraction of sp³-hybridized carbons (Fsp3) is 0.389. The van der Waals surface area contributed by atoms with E-state index >= 15 is 0 Å². The Balaban J connectivity index is 2.04. The van der Waals surface area contributed by atoms with Crippen LogP contribution in [0.25, 0.3) is 0 Å². The number of esters is 2. The Morgan fingerprint density at radius 1 is 1.11 bits per heavy atom. The highest BCUT2D eigenvalue weighted by atomic mass is 32.2. The molecule has 2 rings (SSSR count). The van der Waals surface area contributed by atoms with Crippen molar-refractivity contribution in [1.29, 1.82) is 0 Å². The Morgan fingerprint density at radius 3 is 2.30 bits per heavy atom. The minimum Gasteiger partial charge on any atom is -0.463 e. The van der Waals surface area contributed by atoms with E-state index in [1.807, 2.05) is 0 Å². The first-order valence-electron chi connectivity index (χ1n) is 8.41. The number of hydrogen-bond acceptors (Lipinski definition) is 7. The van der Waals surface area contributed by atoms with Crippen molar-refractivity contribution in [3.63, 3.8) is 0 Å². The second-order valence-electron chi connectivity index (χ2n) is 5.85.